The molecule has 0 aliphatic carbocycles. The molecule has 3 aromatic rings. The lowest BCUT2D eigenvalue weighted by atomic mass is 9.90. The van der Waals surface area contributed by atoms with E-state index in [1.165, 1.54) is 0 Å². The highest BCUT2D eigenvalue weighted by Crippen LogP contribution is 2.31. The van der Waals surface area contributed by atoms with Crippen LogP contribution in [0, 0.1) is 5.92 Å². The number of rotatable bonds is 4. The second-order valence-electron chi connectivity index (χ2n) is 6.91. The van der Waals surface area contributed by atoms with Crippen LogP contribution in [-0.4, -0.2) is 49.0 Å². The molecule has 1 saturated heterocycles. The molecule has 3 aromatic heterocycles. The van der Waals surface area contributed by atoms with Crippen molar-refractivity contribution in [2.45, 2.75) is 32.3 Å². The summed E-state index contributed by atoms with van der Waals surface area (Å²) in [6.45, 7) is 3.82. The molecule has 1 fully saturated rings. The number of fused-ring (bicyclic) bond motifs is 1. The molecule has 4 rings (SSSR count). The van der Waals surface area contributed by atoms with Crippen molar-refractivity contribution < 1.29 is 5.11 Å². The number of anilines is 1. The van der Waals surface area contributed by atoms with E-state index >= 15 is 0 Å². The molecule has 7 heteroatoms. The van der Waals surface area contributed by atoms with Gasteiger partial charge < -0.3 is 10.0 Å². The molecule has 7 nitrogen and oxygen atoms in total. The normalized spacial score (nSPS) is 17.0. The summed E-state index contributed by atoms with van der Waals surface area (Å²) in [5, 5.41) is 15.5. The van der Waals surface area contributed by atoms with Gasteiger partial charge in [0.15, 0.2) is 11.5 Å². The molecule has 0 unspecified atom stereocenters. The van der Waals surface area contributed by atoms with E-state index in [0.29, 0.717) is 11.7 Å². The number of aliphatic hydroxyl groups excluding tert-OH is 1. The lowest BCUT2D eigenvalue weighted by Crippen LogP contribution is -2.38. The van der Waals surface area contributed by atoms with E-state index in [-0.39, 0.29) is 6.10 Å². The van der Waals surface area contributed by atoms with E-state index in [0.717, 1.165) is 54.8 Å². The van der Waals surface area contributed by atoms with E-state index in [1.807, 2.05) is 32.3 Å². The Morgan fingerprint density at radius 3 is 2.62 bits per heavy atom. The van der Waals surface area contributed by atoms with Gasteiger partial charge in [-0.15, -0.1) is 0 Å². The van der Waals surface area contributed by atoms with Crippen LogP contribution in [0.25, 0.3) is 22.4 Å². The van der Waals surface area contributed by atoms with Crippen LogP contribution in [0.15, 0.2) is 30.7 Å². The fourth-order valence-corrected chi connectivity index (χ4v) is 3.71. The van der Waals surface area contributed by atoms with Gasteiger partial charge in [0.25, 0.3) is 0 Å². The molecule has 4 heterocycles. The van der Waals surface area contributed by atoms with Crippen LogP contribution in [0.2, 0.25) is 0 Å². The second-order valence-corrected chi connectivity index (χ2v) is 6.91. The summed E-state index contributed by atoms with van der Waals surface area (Å²) >= 11 is 0. The fourth-order valence-electron chi connectivity index (χ4n) is 3.71. The number of nitrogens with zero attached hydrogens (tertiary/aromatic N) is 6. The highest BCUT2D eigenvalue weighted by molar-refractivity contribution is 5.88. The topological polar surface area (TPSA) is 80.0 Å². The molecule has 1 aliphatic rings. The zero-order valence-corrected chi connectivity index (χ0v) is 15.2. The molecule has 26 heavy (non-hydrogen) atoms. The Labute approximate surface area is 152 Å². The smallest absolute Gasteiger partial charge is 0.164 e. The molecule has 1 atom stereocenters. The second kappa shape index (κ2) is 6.99. The predicted molar refractivity (Wildman–Crippen MR) is 101 cm³/mol. The molecule has 0 amide bonds. The van der Waals surface area contributed by atoms with Gasteiger partial charge in [0.1, 0.15) is 5.82 Å². The zero-order chi connectivity index (χ0) is 18.1. The largest absolute Gasteiger partial charge is 0.393 e. The standard InChI is InChI=1S/C19H24N6O/c1-3-16(26)13-6-10-25(11-7-13)19-15-12-21-24(2)18(15)22-17(23-19)14-4-8-20-9-5-14/h4-5,8-9,12-13,16,26H,3,6-7,10-11H2,1-2H3/t16-/m1/s1. The quantitative estimate of drug-likeness (QED) is 0.777. The van der Waals surface area contributed by atoms with Gasteiger partial charge in [-0.25, -0.2) is 9.97 Å². The summed E-state index contributed by atoms with van der Waals surface area (Å²) in [5.74, 6) is 2.00. The van der Waals surface area contributed by atoms with E-state index in [4.69, 9.17) is 9.97 Å². The van der Waals surface area contributed by atoms with Crippen LogP contribution in [0.3, 0.4) is 0 Å². The molecule has 0 spiro atoms. The van der Waals surface area contributed by atoms with Gasteiger partial charge in [-0.3, -0.25) is 9.67 Å². The fraction of sp³-hybridized carbons (Fsp3) is 0.474. The average Bonchev–Trinajstić information content (AvgIpc) is 3.08. The van der Waals surface area contributed by atoms with Crippen molar-refractivity contribution in [2.75, 3.05) is 18.0 Å². The minimum atomic E-state index is -0.201. The minimum absolute atomic E-state index is 0.201. The van der Waals surface area contributed by atoms with Crippen molar-refractivity contribution in [1.29, 1.82) is 0 Å². The van der Waals surface area contributed by atoms with Gasteiger partial charge in [-0.1, -0.05) is 6.92 Å². The Bertz CT molecular complexity index is 886. The zero-order valence-electron chi connectivity index (χ0n) is 15.2. The number of piperidine rings is 1. The first-order valence-electron chi connectivity index (χ1n) is 9.20. The molecule has 1 aliphatic heterocycles. The van der Waals surface area contributed by atoms with E-state index in [9.17, 15) is 5.11 Å². The Kier molecular flexibility index (Phi) is 4.55. The van der Waals surface area contributed by atoms with Gasteiger partial charge in [-0.05, 0) is 37.3 Å². The number of pyridine rings is 1. The lowest BCUT2D eigenvalue weighted by molar-refractivity contribution is 0.0892. The van der Waals surface area contributed by atoms with Gasteiger partial charge in [0, 0.05) is 38.1 Å². The van der Waals surface area contributed by atoms with Crippen molar-refractivity contribution >= 4 is 16.9 Å². The number of hydrogen-bond acceptors (Lipinski definition) is 6. The maximum Gasteiger partial charge on any atom is 0.164 e. The summed E-state index contributed by atoms with van der Waals surface area (Å²) < 4.78 is 1.79. The first-order valence-corrected chi connectivity index (χ1v) is 9.20. The van der Waals surface area contributed by atoms with Crippen molar-refractivity contribution in [3.63, 3.8) is 0 Å². The highest BCUT2D eigenvalue weighted by atomic mass is 16.3. The van der Waals surface area contributed by atoms with Crippen LogP contribution in [0.5, 0.6) is 0 Å². The molecule has 1 N–H and O–H groups in total. The third kappa shape index (κ3) is 3.03. The van der Waals surface area contributed by atoms with Crippen molar-refractivity contribution in [1.82, 2.24) is 24.7 Å². The molecular formula is C19H24N6O. The van der Waals surface area contributed by atoms with Crippen molar-refractivity contribution in [3.05, 3.63) is 30.7 Å². The molecular weight excluding hydrogens is 328 g/mol. The number of aryl methyl sites for hydroxylation is 1. The van der Waals surface area contributed by atoms with Gasteiger partial charge in [0.05, 0.1) is 17.7 Å². The average molecular weight is 352 g/mol. The van der Waals surface area contributed by atoms with E-state index in [2.05, 4.69) is 15.0 Å². The monoisotopic (exact) mass is 352 g/mol. The van der Waals surface area contributed by atoms with Gasteiger partial charge in [-0.2, -0.15) is 5.10 Å². The predicted octanol–water partition coefficient (Wildman–Crippen LogP) is 2.41. The van der Waals surface area contributed by atoms with Crippen LogP contribution >= 0.6 is 0 Å². The molecule has 136 valence electrons. The van der Waals surface area contributed by atoms with Crippen LogP contribution in [0.4, 0.5) is 5.82 Å². The first-order chi connectivity index (χ1) is 12.7. The summed E-state index contributed by atoms with van der Waals surface area (Å²) in [6, 6.07) is 3.84. The number of aliphatic hydroxyl groups is 1. The summed E-state index contributed by atoms with van der Waals surface area (Å²) in [5.41, 5.74) is 1.78. The Hall–Kier alpha value is -2.54. The lowest BCUT2D eigenvalue weighted by Gasteiger charge is -2.35. The Morgan fingerprint density at radius 1 is 1.19 bits per heavy atom. The maximum absolute atomic E-state index is 10.1. The molecule has 0 radical (unpaired) electrons. The minimum Gasteiger partial charge on any atom is -0.393 e. The van der Waals surface area contributed by atoms with E-state index in [1.54, 1.807) is 17.1 Å². The molecule has 0 bridgehead atoms. The van der Waals surface area contributed by atoms with Gasteiger partial charge >= 0.3 is 0 Å². The number of aromatic nitrogens is 5. The van der Waals surface area contributed by atoms with Gasteiger partial charge in [0.2, 0.25) is 0 Å². The van der Waals surface area contributed by atoms with E-state index < -0.39 is 0 Å². The highest BCUT2D eigenvalue weighted by Gasteiger charge is 2.26. The van der Waals surface area contributed by atoms with Crippen LogP contribution in [0.1, 0.15) is 26.2 Å². The molecule has 0 aromatic carbocycles. The van der Waals surface area contributed by atoms with Crippen molar-refractivity contribution in [3.8, 4) is 11.4 Å². The third-order valence-electron chi connectivity index (χ3n) is 5.31. The number of hydrogen-bond donors (Lipinski definition) is 1. The summed E-state index contributed by atoms with van der Waals surface area (Å²) in [7, 11) is 1.90. The van der Waals surface area contributed by atoms with Crippen molar-refractivity contribution in [2.24, 2.45) is 13.0 Å². The Balaban J connectivity index is 1.71. The summed E-state index contributed by atoms with van der Waals surface area (Å²) in [4.78, 5) is 16.0. The molecule has 0 saturated carbocycles. The van der Waals surface area contributed by atoms with Crippen LogP contribution in [-0.2, 0) is 7.05 Å². The SMILES string of the molecule is CC[C@@H](O)C1CCN(c2nc(-c3ccncc3)nc3c2cnn3C)CC1. The van der Waals surface area contributed by atoms with Crippen LogP contribution < -0.4 is 4.90 Å². The first kappa shape index (κ1) is 16.9. The Morgan fingerprint density at radius 2 is 1.92 bits per heavy atom. The maximum atomic E-state index is 10.1. The summed E-state index contributed by atoms with van der Waals surface area (Å²) in [6.07, 6.45) is 7.92. The third-order valence-corrected chi connectivity index (χ3v) is 5.31.